The van der Waals surface area contributed by atoms with Gasteiger partial charge < -0.3 is 20.1 Å². The molecule has 104 valence electrons. The lowest BCUT2D eigenvalue weighted by Gasteiger charge is -2.13. The Balaban J connectivity index is 2.59. The molecule has 1 atom stereocenters. The summed E-state index contributed by atoms with van der Waals surface area (Å²) in [4.78, 5) is 36.9. The first-order valence-corrected chi connectivity index (χ1v) is 5.63. The van der Waals surface area contributed by atoms with E-state index in [-0.39, 0.29) is 25.0 Å². The molecule has 0 aliphatic rings. The van der Waals surface area contributed by atoms with E-state index in [0.29, 0.717) is 0 Å². The number of carboxylic acids is 2. The minimum Gasteiger partial charge on any atom is -0.481 e. The van der Waals surface area contributed by atoms with Crippen LogP contribution in [0.1, 0.15) is 29.8 Å². The molecule has 3 N–H and O–H groups in total. The van der Waals surface area contributed by atoms with Crippen LogP contribution in [-0.2, 0) is 16.6 Å². The first-order valence-electron chi connectivity index (χ1n) is 5.63. The van der Waals surface area contributed by atoms with Gasteiger partial charge in [-0.05, 0) is 12.8 Å². The van der Waals surface area contributed by atoms with Gasteiger partial charge in [0.1, 0.15) is 11.7 Å². The Bertz CT molecular complexity index is 482. The zero-order valence-corrected chi connectivity index (χ0v) is 10.4. The molecule has 0 spiro atoms. The van der Waals surface area contributed by atoms with E-state index in [9.17, 15) is 14.4 Å². The molecular formula is C11H15N3O5. The molecular weight excluding hydrogens is 254 g/mol. The van der Waals surface area contributed by atoms with Crippen LogP contribution in [0, 0.1) is 0 Å². The maximum absolute atomic E-state index is 11.8. The number of carboxylic acid groups (broad SMARTS) is 2. The Morgan fingerprint density at radius 3 is 2.58 bits per heavy atom. The summed E-state index contributed by atoms with van der Waals surface area (Å²) in [6.45, 7) is 0. The largest absolute Gasteiger partial charge is 0.481 e. The monoisotopic (exact) mass is 269 g/mol. The summed E-state index contributed by atoms with van der Waals surface area (Å²) in [6.07, 6.45) is 2.86. The highest BCUT2D eigenvalue weighted by atomic mass is 16.4. The zero-order valence-electron chi connectivity index (χ0n) is 10.4. The molecule has 0 radical (unpaired) electrons. The number of rotatable bonds is 7. The minimum absolute atomic E-state index is 0.0607. The van der Waals surface area contributed by atoms with E-state index in [1.807, 2.05) is 0 Å². The Morgan fingerprint density at radius 1 is 1.42 bits per heavy atom. The SMILES string of the molecule is Cn1cncc1C(=O)N[C@H](CCCC(=O)O)C(=O)O. The second-order valence-corrected chi connectivity index (χ2v) is 4.04. The summed E-state index contributed by atoms with van der Waals surface area (Å²) in [6, 6.07) is -1.11. The van der Waals surface area contributed by atoms with E-state index < -0.39 is 23.9 Å². The van der Waals surface area contributed by atoms with Gasteiger partial charge in [0.25, 0.3) is 5.91 Å². The molecule has 1 aromatic heterocycles. The highest BCUT2D eigenvalue weighted by Crippen LogP contribution is 2.04. The molecule has 8 heteroatoms. The van der Waals surface area contributed by atoms with Gasteiger partial charge in [0.05, 0.1) is 12.5 Å². The Labute approximate surface area is 109 Å². The predicted octanol–water partition coefficient (Wildman–Crippen LogP) is -0.142. The lowest BCUT2D eigenvalue weighted by Crippen LogP contribution is -2.41. The number of hydrogen-bond acceptors (Lipinski definition) is 4. The van der Waals surface area contributed by atoms with Gasteiger partial charge in [-0.2, -0.15) is 0 Å². The van der Waals surface area contributed by atoms with E-state index >= 15 is 0 Å². The van der Waals surface area contributed by atoms with Gasteiger partial charge in [0.15, 0.2) is 0 Å². The third kappa shape index (κ3) is 4.41. The minimum atomic E-state index is -1.19. The molecule has 19 heavy (non-hydrogen) atoms. The van der Waals surface area contributed by atoms with Crippen molar-refractivity contribution in [2.75, 3.05) is 0 Å². The molecule has 0 fully saturated rings. The standard InChI is InChI=1S/C11H15N3O5/c1-14-6-12-5-8(14)10(17)13-7(11(18)19)3-2-4-9(15)16/h5-7H,2-4H2,1H3,(H,13,17)(H,15,16)(H,18,19)/t7-/m1/s1. The molecule has 0 unspecified atom stereocenters. The lowest BCUT2D eigenvalue weighted by atomic mass is 10.1. The van der Waals surface area contributed by atoms with Crippen LogP contribution in [0.3, 0.4) is 0 Å². The van der Waals surface area contributed by atoms with Gasteiger partial charge in [-0.15, -0.1) is 0 Å². The number of imidazole rings is 1. The van der Waals surface area contributed by atoms with E-state index in [1.54, 1.807) is 7.05 Å². The number of aliphatic carboxylic acids is 2. The number of aryl methyl sites for hydroxylation is 1. The molecule has 0 aliphatic heterocycles. The number of hydrogen-bond donors (Lipinski definition) is 3. The van der Waals surface area contributed by atoms with Crippen LogP contribution >= 0.6 is 0 Å². The zero-order chi connectivity index (χ0) is 14.4. The van der Waals surface area contributed by atoms with Crippen molar-refractivity contribution in [1.29, 1.82) is 0 Å². The van der Waals surface area contributed by atoms with Gasteiger partial charge >= 0.3 is 11.9 Å². The first kappa shape index (κ1) is 14.7. The van der Waals surface area contributed by atoms with Crippen molar-refractivity contribution in [3.8, 4) is 0 Å². The van der Waals surface area contributed by atoms with Crippen molar-refractivity contribution < 1.29 is 24.6 Å². The van der Waals surface area contributed by atoms with Crippen LogP contribution < -0.4 is 5.32 Å². The summed E-state index contributed by atoms with van der Waals surface area (Å²) in [5.74, 6) is -2.74. The molecule has 0 saturated heterocycles. The summed E-state index contributed by atoms with van der Waals surface area (Å²) in [7, 11) is 1.61. The van der Waals surface area contributed by atoms with E-state index in [0.717, 1.165) is 0 Å². The molecule has 8 nitrogen and oxygen atoms in total. The van der Waals surface area contributed by atoms with Crippen LogP contribution in [0.5, 0.6) is 0 Å². The molecule has 0 saturated carbocycles. The predicted molar refractivity (Wildman–Crippen MR) is 63.6 cm³/mol. The van der Waals surface area contributed by atoms with Crippen LogP contribution in [0.2, 0.25) is 0 Å². The van der Waals surface area contributed by atoms with Crippen molar-refractivity contribution in [2.24, 2.45) is 7.05 Å². The van der Waals surface area contributed by atoms with E-state index in [1.165, 1.54) is 17.1 Å². The molecule has 0 aliphatic carbocycles. The average molecular weight is 269 g/mol. The van der Waals surface area contributed by atoms with Crippen molar-refractivity contribution in [2.45, 2.75) is 25.3 Å². The maximum atomic E-state index is 11.8. The fourth-order valence-corrected chi connectivity index (χ4v) is 1.52. The second kappa shape index (κ2) is 6.53. The number of carbonyl (C=O) groups excluding carboxylic acids is 1. The van der Waals surface area contributed by atoms with Gasteiger partial charge in [0, 0.05) is 13.5 Å². The highest BCUT2D eigenvalue weighted by molar-refractivity contribution is 5.95. The van der Waals surface area contributed by atoms with Gasteiger partial charge in [-0.1, -0.05) is 0 Å². The van der Waals surface area contributed by atoms with Crippen LogP contribution in [-0.4, -0.2) is 43.7 Å². The average Bonchev–Trinajstić information content (AvgIpc) is 2.73. The first-order chi connectivity index (χ1) is 8.91. The Kier molecular flexibility index (Phi) is 5.04. The second-order valence-electron chi connectivity index (χ2n) is 4.04. The molecule has 1 rings (SSSR count). The van der Waals surface area contributed by atoms with Gasteiger partial charge in [-0.25, -0.2) is 9.78 Å². The Hall–Kier alpha value is -2.38. The van der Waals surface area contributed by atoms with Crippen LogP contribution in [0.25, 0.3) is 0 Å². The number of carbonyl (C=O) groups is 3. The third-order valence-corrected chi connectivity index (χ3v) is 2.54. The fourth-order valence-electron chi connectivity index (χ4n) is 1.52. The van der Waals surface area contributed by atoms with Crippen molar-refractivity contribution in [3.63, 3.8) is 0 Å². The molecule has 1 amide bonds. The van der Waals surface area contributed by atoms with Crippen molar-refractivity contribution in [3.05, 3.63) is 18.2 Å². The summed E-state index contributed by atoms with van der Waals surface area (Å²) < 4.78 is 1.46. The number of aromatic nitrogens is 2. The summed E-state index contributed by atoms with van der Waals surface area (Å²) in [5, 5.41) is 19.8. The summed E-state index contributed by atoms with van der Waals surface area (Å²) in [5.41, 5.74) is 0.240. The lowest BCUT2D eigenvalue weighted by molar-refractivity contribution is -0.140. The quantitative estimate of drug-likeness (QED) is 0.633. The molecule has 0 bridgehead atoms. The smallest absolute Gasteiger partial charge is 0.326 e. The molecule has 1 aromatic rings. The maximum Gasteiger partial charge on any atom is 0.326 e. The van der Waals surface area contributed by atoms with Crippen LogP contribution in [0.15, 0.2) is 12.5 Å². The molecule has 1 heterocycles. The van der Waals surface area contributed by atoms with E-state index in [4.69, 9.17) is 10.2 Å². The topological polar surface area (TPSA) is 122 Å². The highest BCUT2D eigenvalue weighted by Gasteiger charge is 2.21. The van der Waals surface area contributed by atoms with Crippen molar-refractivity contribution in [1.82, 2.24) is 14.9 Å². The Morgan fingerprint density at radius 2 is 2.11 bits per heavy atom. The third-order valence-electron chi connectivity index (χ3n) is 2.54. The fraction of sp³-hybridized carbons (Fsp3) is 0.455. The normalized spacial score (nSPS) is 11.8. The number of amides is 1. The molecule has 0 aromatic carbocycles. The van der Waals surface area contributed by atoms with Gasteiger partial charge in [0.2, 0.25) is 0 Å². The number of nitrogens with zero attached hydrogens (tertiary/aromatic N) is 2. The summed E-state index contributed by atoms with van der Waals surface area (Å²) >= 11 is 0. The van der Waals surface area contributed by atoms with Gasteiger partial charge in [-0.3, -0.25) is 9.59 Å². The van der Waals surface area contributed by atoms with Crippen LogP contribution in [0.4, 0.5) is 0 Å². The number of nitrogens with one attached hydrogen (secondary N) is 1. The van der Waals surface area contributed by atoms with E-state index in [2.05, 4.69) is 10.3 Å². The van der Waals surface area contributed by atoms with Crippen molar-refractivity contribution >= 4 is 17.8 Å².